The van der Waals surface area contributed by atoms with Crippen molar-refractivity contribution in [3.8, 4) is 0 Å². The molecule has 9 nitrogen and oxygen atoms in total. The van der Waals surface area contributed by atoms with Gasteiger partial charge in [-0.25, -0.2) is 9.21 Å². The molecular formula is C36H59ClN2O7. The number of unbranched alkanes of at least 4 members (excludes halogenated alkanes) is 4. The highest BCUT2D eigenvalue weighted by molar-refractivity contribution is 6.15. The van der Waals surface area contributed by atoms with Crippen LogP contribution < -0.4 is 0 Å². The fourth-order valence-electron chi connectivity index (χ4n) is 7.53. The van der Waals surface area contributed by atoms with Crippen LogP contribution in [0.5, 0.6) is 0 Å². The first-order chi connectivity index (χ1) is 21.5. The van der Waals surface area contributed by atoms with Gasteiger partial charge in [0.25, 0.3) is 0 Å². The van der Waals surface area contributed by atoms with Crippen molar-refractivity contribution in [2.45, 2.75) is 105 Å². The molecule has 4 rings (SSSR count). The van der Waals surface area contributed by atoms with Gasteiger partial charge in [-0.2, -0.15) is 0 Å². The summed E-state index contributed by atoms with van der Waals surface area (Å²) in [5.74, 6) is 0.383. The van der Waals surface area contributed by atoms with Crippen LogP contribution in [0.3, 0.4) is 0 Å². The Labute approximate surface area is 282 Å². The Morgan fingerprint density at radius 3 is 1.67 bits per heavy atom. The SMILES string of the molecule is C=CCCCC[C@H](C)C(=O)N1C[C@H]2[C@@H]([C@H]1C(=O)OC)C2(C)C.C=CCCCC[C@H](C)C(=O)O.COC(=O)[C@@H]1[C@@H]2[C@H](CN1Cl)C2(C)C. The molecule has 2 aliphatic carbocycles. The molecule has 4 fully saturated rings. The molecule has 0 aromatic heterocycles. The first-order valence-corrected chi connectivity index (χ1v) is 17.2. The summed E-state index contributed by atoms with van der Waals surface area (Å²) < 4.78 is 11.3. The average Bonchev–Trinajstić information content (AvgIpc) is 3.50. The number of carbonyl (C=O) groups is 4. The van der Waals surface area contributed by atoms with Crippen LogP contribution >= 0.6 is 11.8 Å². The van der Waals surface area contributed by atoms with E-state index in [0.29, 0.717) is 24.3 Å². The van der Waals surface area contributed by atoms with Crippen molar-refractivity contribution in [1.29, 1.82) is 0 Å². The molecular weight excluding hydrogens is 608 g/mol. The van der Waals surface area contributed by atoms with Crippen molar-refractivity contribution in [2.75, 3.05) is 27.3 Å². The second kappa shape index (κ2) is 17.1. The third kappa shape index (κ3) is 9.36. The fourth-order valence-corrected chi connectivity index (χ4v) is 7.88. The molecule has 0 aromatic carbocycles. The summed E-state index contributed by atoms with van der Waals surface area (Å²) in [4.78, 5) is 48.4. The number of halogens is 1. The van der Waals surface area contributed by atoms with Gasteiger partial charge in [0, 0.05) is 24.9 Å². The molecule has 0 spiro atoms. The van der Waals surface area contributed by atoms with Crippen LogP contribution in [0.15, 0.2) is 25.3 Å². The summed E-state index contributed by atoms with van der Waals surface area (Å²) >= 11 is 5.94. The van der Waals surface area contributed by atoms with Gasteiger partial charge >= 0.3 is 17.9 Å². The van der Waals surface area contributed by atoms with E-state index in [4.69, 9.17) is 26.4 Å². The summed E-state index contributed by atoms with van der Waals surface area (Å²) in [5, 5.41) is 8.52. The number of carboxylic acid groups (broad SMARTS) is 1. The number of nitrogens with zero attached hydrogens (tertiary/aromatic N) is 2. The first-order valence-electron chi connectivity index (χ1n) is 16.9. The molecule has 10 heteroatoms. The number of fused-ring (bicyclic) bond motifs is 2. The summed E-state index contributed by atoms with van der Waals surface area (Å²) in [5.41, 5.74) is 0.424. The molecule has 8 atom stereocenters. The number of carboxylic acids is 1. The Hall–Kier alpha value is -2.39. The minimum absolute atomic E-state index is 0.0300. The molecule has 1 N–H and O–H groups in total. The molecule has 46 heavy (non-hydrogen) atoms. The molecule has 4 aliphatic rings. The summed E-state index contributed by atoms with van der Waals surface area (Å²) in [6.45, 7) is 21.3. The predicted molar refractivity (Wildman–Crippen MR) is 181 cm³/mol. The summed E-state index contributed by atoms with van der Waals surface area (Å²) in [6, 6.07) is -0.611. The van der Waals surface area contributed by atoms with Gasteiger partial charge in [-0.1, -0.05) is 66.5 Å². The van der Waals surface area contributed by atoms with Gasteiger partial charge in [0.2, 0.25) is 5.91 Å². The van der Waals surface area contributed by atoms with E-state index in [-0.39, 0.29) is 58.5 Å². The molecule has 0 aromatic rings. The van der Waals surface area contributed by atoms with Crippen LogP contribution in [-0.2, 0) is 28.7 Å². The number of esters is 2. The van der Waals surface area contributed by atoms with Crippen LogP contribution in [0.1, 0.15) is 92.9 Å². The largest absolute Gasteiger partial charge is 0.481 e. The maximum absolute atomic E-state index is 12.7. The van der Waals surface area contributed by atoms with Crippen LogP contribution in [0, 0.1) is 46.3 Å². The highest BCUT2D eigenvalue weighted by Crippen LogP contribution is 2.66. The third-order valence-corrected chi connectivity index (χ3v) is 11.3. The number of piperidine rings is 2. The van der Waals surface area contributed by atoms with Gasteiger partial charge in [0.1, 0.15) is 12.1 Å². The van der Waals surface area contributed by atoms with E-state index in [1.807, 2.05) is 19.1 Å². The second-order valence-electron chi connectivity index (χ2n) is 14.7. The lowest BCUT2D eigenvalue weighted by Gasteiger charge is -2.31. The van der Waals surface area contributed by atoms with E-state index in [0.717, 1.165) is 57.9 Å². The normalized spacial score (nSPS) is 28.8. The Morgan fingerprint density at radius 1 is 0.804 bits per heavy atom. The van der Waals surface area contributed by atoms with Crippen molar-refractivity contribution >= 4 is 35.6 Å². The number of hydrogen-bond donors (Lipinski definition) is 1. The van der Waals surface area contributed by atoms with Crippen LogP contribution in [0.4, 0.5) is 0 Å². The van der Waals surface area contributed by atoms with Gasteiger partial charge in [0.15, 0.2) is 0 Å². The molecule has 262 valence electrons. The van der Waals surface area contributed by atoms with E-state index in [1.54, 1.807) is 16.2 Å². The minimum Gasteiger partial charge on any atom is -0.481 e. The second-order valence-corrected chi connectivity index (χ2v) is 15.1. The Morgan fingerprint density at radius 2 is 1.24 bits per heavy atom. The fraction of sp³-hybridized carbons (Fsp3) is 0.778. The van der Waals surface area contributed by atoms with Gasteiger partial charge in [-0.05, 0) is 78.9 Å². The highest BCUT2D eigenvalue weighted by Gasteiger charge is 2.70. The maximum Gasteiger partial charge on any atom is 0.328 e. The van der Waals surface area contributed by atoms with Crippen molar-refractivity contribution in [3.63, 3.8) is 0 Å². The van der Waals surface area contributed by atoms with Gasteiger partial charge in [-0.15, -0.1) is 13.2 Å². The van der Waals surface area contributed by atoms with E-state index < -0.39 is 5.97 Å². The molecule has 0 unspecified atom stereocenters. The zero-order chi connectivity index (χ0) is 35.0. The topological polar surface area (TPSA) is 113 Å². The number of hydrogen-bond acceptors (Lipinski definition) is 7. The molecule has 0 radical (unpaired) electrons. The molecule has 2 aliphatic heterocycles. The molecule has 0 bridgehead atoms. The average molecular weight is 667 g/mol. The zero-order valence-corrected chi connectivity index (χ0v) is 30.2. The lowest BCUT2D eigenvalue weighted by Crippen LogP contribution is -2.47. The number of aliphatic carboxylic acids is 1. The van der Waals surface area contributed by atoms with E-state index in [2.05, 4.69) is 40.9 Å². The number of likely N-dealkylation sites (tertiary alicyclic amines) is 1. The maximum atomic E-state index is 12.7. The van der Waals surface area contributed by atoms with Crippen LogP contribution in [0.25, 0.3) is 0 Å². The lowest BCUT2D eigenvalue weighted by molar-refractivity contribution is -0.154. The summed E-state index contributed by atoms with van der Waals surface area (Å²) in [7, 11) is 2.82. The number of methoxy groups -OCH3 is 2. The molecule has 2 saturated heterocycles. The van der Waals surface area contributed by atoms with Crippen molar-refractivity contribution in [3.05, 3.63) is 25.3 Å². The van der Waals surface area contributed by atoms with Crippen LogP contribution in [-0.4, -0.2) is 77.6 Å². The number of rotatable bonds is 14. The molecule has 2 heterocycles. The number of carbonyl (C=O) groups excluding carboxylic acids is 3. The smallest absolute Gasteiger partial charge is 0.328 e. The first kappa shape index (κ1) is 39.8. The van der Waals surface area contributed by atoms with Gasteiger partial charge in [0.05, 0.1) is 20.1 Å². The van der Waals surface area contributed by atoms with Crippen molar-refractivity contribution < 1.29 is 33.8 Å². The number of amides is 1. The van der Waals surface area contributed by atoms with E-state index in [9.17, 15) is 19.2 Å². The van der Waals surface area contributed by atoms with Crippen molar-refractivity contribution in [1.82, 2.24) is 9.32 Å². The molecule has 1 amide bonds. The zero-order valence-electron chi connectivity index (χ0n) is 29.4. The van der Waals surface area contributed by atoms with E-state index >= 15 is 0 Å². The van der Waals surface area contributed by atoms with Gasteiger partial charge in [-0.3, -0.25) is 14.4 Å². The van der Waals surface area contributed by atoms with Gasteiger partial charge < -0.3 is 19.5 Å². The molecule has 2 saturated carbocycles. The lowest BCUT2D eigenvalue weighted by atomic mass is 9.97. The van der Waals surface area contributed by atoms with E-state index in [1.165, 1.54) is 14.2 Å². The number of allylic oxidation sites excluding steroid dienone is 2. The quantitative estimate of drug-likeness (QED) is 0.0938. The van der Waals surface area contributed by atoms with Crippen molar-refractivity contribution in [2.24, 2.45) is 46.3 Å². The summed E-state index contributed by atoms with van der Waals surface area (Å²) in [6.07, 6.45) is 11.6. The van der Waals surface area contributed by atoms with Crippen LogP contribution in [0.2, 0.25) is 0 Å². The Kier molecular flexibility index (Phi) is 14.8. The number of ether oxygens (including phenoxy) is 2. The minimum atomic E-state index is -0.691. The Bertz CT molecular complexity index is 1090. The third-order valence-electron chi connectivity index (χ3n) is 11.0. The standard InChI is InChI=1S/C18H29NO3.C9H14ClNO2.C9H16O2/c1-6-7-8-9-10-12(2)16(20)19-11-13-14(18(13,3)4)15(19)17(21)22-5;1-9(2)5-4-11(10)7(6(5)9)8(12)13-3;1-3-4-5-6-7-8(2)9(10)11/h6,12-15H,1,7-11H2,2-5H3;5-7H,4H2,1-3H3;3,8H,1,4-7H2,2H3,(H,10,11)/t12-,13-,14-,15-;5-,6-,7-;8-/m000/s1. The predicted octanol–water partition coefficient (Wildman–Crippen LogP) is 6.75. The Balaban J connectivity index is 0.000000261. The highest BCUT2D eigenvalue weighted by atomic mass is 35.5. The monoisotopic (exact) mass is 666 g/mol.